The highest BCUT2D eigenvalue weighted by molar-refractivity contribution is 5.80. The quantitative estimate of drug-likeness (QED) is 0.808. The molecule has 0 bridgehead atoms. The summed E-state index contributed by atoms with van der Waals surface area (Å²) in [5.41, 5.74) is -1.34. The lowest BCUT2D eigenvalue weighted by Crippen LogP contribution is -2.47. The SMILES string of the molecule is CC(CC(C)(C)C#N)C(NC(=O)OC(C)(C)C)C(=O)O. The molecule has 0 saturated heterocycles. The number of alkyl carbamates (subject to hydrolysis) is 1. The predicted octanol–water partition coefficient (Wildman–Crippen LogP) is 2.54. The van der Waals surface area contributed by atoms with E-state index < -0.39 is 35.0 Å². The first-order valence-electron chi connectivity index (χ1n) is 6.51. The average molecular weight is 284 g/mol. The van der Waals surface area contributed by atoms with Crippen LogP contribution in [0.4, 0.5) is 4.79 Å². The zero-order valence-corrected chi connectivity index (χ0v) is 13.0. The first kappa shape index (κ1) is 18.2. The van der Waals surface area contributed by atoms with Gasteiger partial charge in [0.1, 0.15) is 11.6 Å². The number of nitrogens with one attached hydrogen (secondary N) is 1. The van der Waals surface area contributed by atoms with Gasteiger partial charge in [0.2, 0.25) is 0 Å². The van der Waals surface area contributed by atoms with E-state index in [2.05, 4.69) is 11.4 Å². The van der Waals surface area contributed by atoms with E-state index in [-0.39, 0.29) is 0 Å². The molecule has 0 fully saturated rings. The summed E-state index contributed by atoms with van der Waals surface area (Å²) in [6.07, 6.45) is -0.414. The highest BCUT2D eigenvalue weighted by Gasteiger charge is 2.32. The third kappa shape index (κ3) is 6.98. The van der Waals surface area contributed by atoms with Crippen molar-refractivity contribution in [1.82, 2.24) is 5.32 Å². The molecule has 0 aromatic heterocycles. The molecular weight excluding hydrogens is 260 g/mol. The van der Waals surface area contributed by atoms with Gasteiger partial charge in [-0.3, -0.25) is 0 Å². The third-order valence-corrected chi connectivity index (χ3v) is 2.64. The van der Waals surface area contributed by atoms with Crippen molar-refractivity contribution in [1.29, 1.82) is 5.26 Å². The number of hydrogen-bond donors (Lipinski definition) is 2. The zero-order valence-electron chi connectivity index (χ0n) is 13.0. The molecule has 1 amide bonds. The molecule has 2 atom stereocenters. The summed E-state index contributed by atoms with van der Waals surface area (Å²) in [6.45, 7) is 10.3. The lowest BCUT2D eigenvalue weighted by molar-refractivity contribution is -0.141. The molecule has 0 aromatic carbocycles. The van der Waals surface area contributed by atoms with Gasteiger partial charge < -0.3 is 15.2 Å². The van der Waals surface area contributed by atoms with Gasteiger partial charge in [0.15, 0.2) is 0 Å². The van der Waals surface area contributed by atoms with E-state index in [4.69, 9.17) is 10.00 Å². The van der Waals surface area contributed by atoms with Crippen LogP contribution >= 0.6 is 0 Å². The normalized spacial score (nSPS) is 14.8. The number of aliphatic carboxylic acids is 1. The van der Waals surface area contributed by atoms with E-state index in [1.165, 1.54) is 0 Å². The molecule has 0 aliphatic carbocycles. The Hall–Kier alpha value is -1.77. The second-order valence-electron chi connectivity index (χ2n) is 6.64. The van der Waals surface area contributed by atoms with Gasteiger partial charge in [-0.2, -0.15) is 5.26 Å². The van der Waals surface area contributed by atoms with Crippen LogP contribution in [0, 0.1) is 22.7 Å². The molecule has 6 nitrogen and oxygen atoms in total. The first-order valence-corrected chi connectivity index (χ1v) is 6.51. The lowest BCUT2D eigenvalue weighted by atomic mass is 9.82. The van der Waals surface area contributed by atoms with Crippen LogP contribution in [0.2, 0.25) is 0 Å². The number of carbonyl (C=O) groups is 2. The lowest BCUT2D eigenvalue weighted by Gasteiger charge is -2.27. The second-order valence-corrected chi connectivity index (χ2v) is 6.64. The largest absolute Gasteiger partial charge is 0.480 e. The number of rotatable bonds is 5. The van der Waals surface area contributed by atoms with Crippen LogP contribution in [0.1, 0.15) is 48.0 Å². The topological polar surface area (TPSA) is 99.4 Å². The van der Waals surface area contributed by atoms with Crippen molar-refractivity contribution < 1.29 is 19.4 Å². The van der Waals surface area contributed by atoms with Crippen LogP contribution < -0.4 is 5.32 Å². The monoisotopic (exact) mass is 284 g/mol. The van der Waals surface area contributed by atoms with Crippen LogP contribution in [-0.4, -0.2) is 28.8 Å². The van der Waals surface area contributed by atoms with Crippen molar-refractivity contribution in [3.05, 3.63) is 0 Å². The molecule has 6 heteroatoms. The van der Waals surface area contributed by atoms with Gasteiger partial charge in [-0.05, 0) is 47.0 Å². The number of carbonyl (C=O) groups excluding carboxylic acids is 1. The van der Waals surface area contributed by atoms with Gasteiger partial charge in [0, 0.05) is 0 Å². The fourth-order valence-electron chi connectivity index (χ4n) is 1.85. The Morgan fingerprint density at radius 2 is 1.80 bits per heavy atom. The fourth-order valence-corrected chi connectivity index (χ4v) is 1.85. The van der Waals surface area contributed by atoms with Gasteiger partial charge in [0.25, 0.3) is 0 Å². The summed E-state index contributed by atoms with van der Waals surface area (Å²) in [4.78, 5) is 22.9. The van der Waals surface area contributed by atoms with E-state index in [9.17, 15) is 14.7 Å². The summed E-state index contributed by atoms with van der Waals surface area (Å²) in [6, 6.07) is 1.04. The molecule has 20 heavy (non-hydrogen) atoms. The number of carboxylic acids is 1. The Kier molecular flexibility index (Phi) is 6.01. The van der Waals surface area contributed by atoms with E-state index in [0.717, 1.165) is 0 Å². The number of carboxylic acid groups (broad SMARTS) is 1. The van der Waals surface area contributed by atoms with E-state index in [1.54, 1.807) is 41.5 Å². The summed E-state index contributed by atoms with van der Waals surface area (Å²) in [5, 5.41) is 20.5. The summed E-state index contributed by atoms with van der Waals surface area (Å²) >= 11 is 0. The minimum Gasteiger partial charge on any atom is -0.480 e. The first-order chi connectivity index (χ1) is 8.88. The summed E-state index contributed by atoms with van der Waals surface area (Å²) < 4.78 is 5.05. The minimum absolute atomic E-state index is 0.357. The van der Waals surface area contributed by atoms with Crippen molar-refractivity contribution >= 4 is 12.1 Å². The Bertz CT molecular complexity index is 404. The second kappa shape index (κ2) is 6.60. The van der Waals surface area contributed by atoms with Crippen molar-refractivity contribution in [3.63, 3.8) is 0 Å². The smallest absolute Gasteiger partial charge is 0.408 e. The van der Waals surface area contributed by atoms with Gasteiger partial charge in [-0.15, -0.1) is 0 Å². The molecule has 0 saturated carbocycles. The Balaban J connectivity index is 4.79. The molecule has 0 aliphatic rings. The highest BCUT2D eigenvalue weighted by Crippen LogP contribution is 2.26. The Morgan fingerprint density at radius 1 is 1.30 bits per heavy atom. The maximum absolute atomic E-state index is 11.7. The van der Waals surface area contributed by atoms with Crippen molar-refractivity contribution in [3.8, 4) is 6.07 Å². The molecular formula is C14H24N2O4. The van der Waals surface area contributed by atoms with Crippen molar-refractivity contribution in [2.45, 2.75) is 59.6 Å². The van der Waals surface area contributed by atoms with Crippen LogP contribution in [0.25, 0.3) is 0 Å². The molecule has 0 rings (SSSR count). The molecule has 0 aliphatic heterocycles. The van der Waals surface area contributed by atoms with E-state index >= 15 is 0 Å². The van der Waals surface area contributed by atoms with Gasteiger partial charge in [0.05, 0.1) is 11.5 Å². The standard InChI is InChI=1S/C14H24N2O4/c1-9(7-14(5,6)8-15)10(11(17)18)16-12(19)20-13(2,3)4/h9-10H,7H2,1-6H3,(H,16,19)(H,17,18). The molecule has 0 heterocycles. The van der Waals surface area contributed by atoms with Crippen LogP contribution in [0.3, 0.4) is 0 Å². The highest BCUT2D eigenvalue weighted by atomic mass is 16.6. The van der Waals surface area contributed by atoms with Gasteiger partial charge in [-0.25, -0.2) is 9.59 Å². The van der Waals surface area contributed by atoms with E-state index in [1.807, 2.05) is 0 Å². The predicted molar refractivity (Wildman–Crippen MR) is 74.0 cm³/mol. The number of amides is 1. The molecule has 0 spiro atoms. The number of hydrogen-bond acceptors (Lipinski definition) is 4. The number of nitriles is 1. The maximum Gasteiger partial charge on any atom is 0.408 e. The average Bonchev–Trinajstić information content (AvgIpc) is 2.22. The summed E-state index contributed by atoms with van der Waals surface area (Å²) in [5.74, 6) is -1.54. The fraction of sp³-hybridized carbons (Fsp3) is 0.786. The van der Waals surface area contributed by atoms with Crippen molar-refractivity contribution in [2.75, 3.05) is 0 Å². The zero-order chi connectivity index (χ0) is 16.1. The molecule has 0 aromatic rings. The Labute approximate surface area is 120 Å². The maximum atomic E-state index is 11.7. The summed E-state index contributed by atoms with van der Waals surface area (Å²) in [7, 11) is 0. The van der Waals surface area contributed by atoms with Crippen molar-refractivity contribution in [2.24, 2.45) is 11.3 Å². The molecule has 114 valence electrons. The van der Waals surface area contributed by atoms with E-state index in [0.29, 0.717) is 6.42 Å². The van der Waals surface area contributed by atoms with Gasteiger partial charge >= 0.3 is 12.1 Å². The molecule has 0 radical (unpaired) electrons. The number of ether oxygens (including phenoxy) is 1. The van der Waals surface area contributed by atoms with Crippen LogP contribution in [0.5, 0.6) is 0 Å². The minimum atomic E-state index is -1.14. The van der Waals surface area contributed by atoms with Crippen LogP contribution in [-0.2, 0) is 9.53 Å². The molecule has 2 N–H and O–H groups in total. The van der Waals surface area contributed by atoms with Gasteiger partial charge in [-0.1, -0.05) is 6.92 Å². The Morgan fingerprint density at radius 3 is 2.15 bits per heavy atom. The number of nitrogens with zero attached hydrogens (tertiary/aromatic N) is 1. The van der Waals surface area contributed by atoms with Crippen LogP contribution in [0.15, 0.2) is 0 Å². The third-order valence-electron chi connectivity index (χ3n) is 2.64. The molecule has 2 unspecified atom stereocenters.